The molecule has 1 aliphatic rings. The van der Waals surface area contributed by atoms with Crippen molar-refractivity contribution in [1.29, 1.82) is 0 Å². The van der Waals surface area contributed by atoms with Crippen LogP contribution in [0.25, 0.3) is 0 Å². The van der Waals surface area contributed by atoms with Gasteiger partial charge in [-0.3, -0.25) is 0 Å². The summed E-state index contributed by atoms with van der Waals surface area (Å²) in [6.45, 7) is 4.37. The molecular weight excluding hydrogens is 342 g/mol. The number of aliphatic hydroxyl groups is 1. The monoisotopic (exact) mass is 363 g/mol. The molecule has 0 aliphatic carbocycles. The van der Waals surface area contributed by atoms with Gasteiger partial charge in [0.25, 0.3) is 0 Å². The summed E-state index contributed by atoms with van der Waals surface area (Å²) in [6.07, 6.45) is 1.37. The molecule has 1 aliphatic heterocycles. The van der Waals surface area contributed by atoms with Crippen LogP contribution in [0.3, 0.4) is 0 Å². The highest BCUT2D eigenvalue weighted by atomic mass is 32.2. The van der Waals surface area contributed by atoms with Crippen LogP contribution in [0.15, 0.2) is 50.0 Å². The van der Waals surface area contributed by atoms with E-state index in [2.05, 4.69) is 16.6 Å². The highest BCUT2D eigenvalue weighted by Gasteiger charge is 2.35. The Hall–Kier alpha value is -1.34. The molecule has 24 heavy (non-hydrogen) atoms. The zero-order valence-corrected chi connectivity index (χ0v) is 15.4. The maximum atomic E-state index is 10.9. The molecule has 6 heteroatoms. The van der Waals surface area contributed by atoms with Crippen molar-refractivity contribution in [2.75, 3.05) is 6.61 Å². The molecule has 4 nitrogen and oxygen atoms in total. The van der Waals surface area contributed by atoms with E-state index < -0.39 is 5.60 Å². The lowest BCUT2D eigenvalue weighted by atomic mass is 9.86. The summed E-state index contributed by atoms with van der Waals surface area (Å²) in [7, 11) is 0. The molecule has 1 aromatic carbocycles. The molecule has 128 valence electrons. The third-order valence-corrected chi connectivity index (χ3v) is 6.38. The molecule has 0 radical (unpaired) electrons. The number of hydrogen-bond donors (Lipinski definition) is 2. The molecule has 2 heterocycles. The predicted molar refractivity (Wildman–Crippen MR) is 97.4 cm³/mol. The lowest BCUT2D eigenvalue weighted by molar-refractivity contribution is -0.101. The van der Waals surface area contributed by atoms with Crippen LogP contribution in [-0.4, -0.2) is 28.7 Å². The van der Waals surface area contributed by atoms with Gasteiger partial charge in [-0.1, -0.05) is 29.1 Å². The number of nitrogens with zero attached hydrogens (tertiary/aromatic N) is 1. The highest BCUT2D eigenvalue weighted by molar-refractivity contribution is 8.01. The average molecular weight is 364 g/mol. The molecule has 1 aromatic heterocycles. The molecule has 0 unspecified atom stereocenters. The zero-order chi connectivity index (χ0) is 17.2. The van der Waals surface area contributed by atoms with Crippen molar-refractivity contribution in [2.24, 2.45) is 5.16 Å². The largest absolute Gasteiger partial charge is 0.411 e. The van der Waals surface area contributed by atoms with Crippen LogP contribution in [0.4, 0.5) is 0 Å². The number of hydrogen-bond acceptors (Lipinski definition) is 6. The van der Waals surface area contributed by atoms with Crippen molar-refractivity contribution in [1.82, 2.24) is 0 Å². The summed E-state index contributed by atoms with van der Waals surface area (Å²) in [6, 6.07) is 10.00. The van der Waals surface area contributed by atoms with Crippen LogP contribution in [0, 0.1) is 0 Å². The Kier molecular flexibility index (Phi) is 5.30. The first-order valence-electron chi connectivity index (χ1n) is 7.90. The molecule has 0 bridgehead atoms. The third-order valence-electron chi connectivity index (χ3n) is 4.30. The number of thiophene rings is 1. The van der Waals surface area contributed by atoms with E-state index in [9.17, 15) is 5.11 Å². The number of benzene rings is 1. The Morgan fingerprint density at radius 1 is 1.38 bits per heavy atom. The van der Waals surface area contributed by atoms with Crippen molar-refractivity contribution < 1.29 is 15.1 Å². The first kappa shape index (κ1) is 17.5. The van der Waals surface area contributed by atoms with Crippen LogP contribution >= 0.6 is 23.1 Å². The van der Waals surface area contributed by atoms with Gasteiger partial charge >= 0.3 is 0 Å². The summed E-state index contributed by atoms with van der Waals surface area (Å²) in [4.78, 5) is 1.12. The van der Waals surface area contributed by atoms with Gasteiger partial charge in [0.1, 0.15) is 0 Å². The molecule has 1 fully saturated rings. The van der Waals surface area contributed by atoms with Crippen LogP contribution in [0.5, 0.6) is 0 Å². The first-order valence-corrected chi connectivity index (χ1v) is 9.60. The lowest BCUT2D eigenvalue weighted by Crippen LogP contribution is -2.37. The van der Waals surface area contributed by atoms with Gasteiger partial charge in [-0.15, -0.1) is 11.3 Å². The summed E-state index contributed by atoms with van der Waals surface area (Å²) >= 11 is 3.32. The van der Waals surface area contributed by atoms with E-state index in [1.807, 2.05) is 31.2 Å². The van der Waals surface area contributed by atoms with E-state index in [0.29, 0.717) is 25.2 Å². The van der Waals surface area contributed by atoms with Gasteiger partial charge in [-0.25, -0.2) is 0 Å². The van der Waals surface area contributed by atoms with Crippen LogP contribution in [-0.2, 0) is 10.3 Å². The molecule has 2 N–H and O–H groups in total. The molecular formula is C18H21NO3S2. The fraction of sp³-hybridized carbons (Fsp3) is 0.389. The molecule has 0 amide bonds. The van der Waals surface area contributed by atoms with Crippen molar-refractivity contribution in [2.45, 2.75) is 47.5 Å². The van der Waals surface area contributed by atoms with Crippen LogP contribution in [0.1, 0.15) is 37.8 Å². The molecule has 2 aromatic rings. The molecule has 0 spiro atoms. The minimum absolute atomic E-state index is 0.0868. The number of ether oxygens (including phenoxy) is 1. The normalized spacial score (nSPS) is 25.0. The minimum Gasteiger partial charge on any atom is -0.411 e. The summed E-state index contributed by atoms with van der Waals surface area (Å²) in [5.41, 5.74) is 1.72. The van der Waals surface area contributed by atoms with Gasteiger partial charge in [0, 0.05) is 17.7 Å². The Balaban J connectivity index is 1.72. The number of oxime groups is 1. The summed E-state index contributed by atoms with van der Waals surface area (Å²) < 4.78 is 6.70. The summed E-state index contributed by atoms with van der Waals surface area (Å²) in [5, 5.41) is 25.0. The molecule has 0 saturated carbocycles. The van der Waals surface area contributed by atoms with E-state index in [4.69, 9.17) is 9.94 Å². The minimum atomic E-state index is -0.772. The Labute approximate surface area is 150 Å². The Morgan fingerprint density at radius 3 is 2.79 bits per heavy atom. The second-order valence-corrected chi connectivity index (χ2v) is 8.42. The standard InChI is InChI=1S/C18H21NO3S2/c1-12-10-18(20,7-8-22-12)15-9-17(23-11-15)24-16-5-3-14(4-6-16)13(2)19-21/h3-6,9,11-12,20-21H,7-8,10H2,1-2H3/t12-,18+/m0/s1. The first-order chi connectivity index (χ1) is 11.5. The van der Waals surface area contributed by atoms with E-state index in [1.165, 1.54) is 0 Å². The van der Waals surface area contributed by atoms with Gasteiger partial charge < -0.3 is 15.1 Å². The fourth-order valence-corrected chi connectivity index (χ4v) is 4.92. The maximum absolute atomic E-state index is 10.9. The maximum Gasteiger partial charge on any atom is 0.0951 e. The topological polar surface area (TPSA) is 62.1 Å². The Morgan fingerprint density at radius 2 is 2.12 bits per heavy atom. The van der Waals surface area contributed by atoms with Crippen LogP contribution < -0.4 is 0 Å². The van der Waals surface area contributed by atoms with Crippen molar-refractivity contribution >= 4 is 28.8 Å². The predicted octanol–water partition coefficient (Wildman–Crippen LogP) is 4.48. The third kappa shape index (κ3) is 3.83. The van der Waals surface area contributed by atoms with Gasteiger partial charge in [-0.2, -0.15) is 0 Å². The van der Waals surface area contributed by atoms with E-state index >= 15 is 0 Å². The fourth-order valence-electron chi connectivity index (χ4n) is 2.88. The second kappa shape index (κ2) is 7.27. The van der Waals surface area contributed by atoms with E-state index in [0.717, 1.165) is 20.2 Å². The van der Waals surface area contributed by atoms with E-state index in [1.54, 1.807) is 30.0 Å². The summed E-state index contributed by atoms with van der Waals surface area (Å²) in [5.74, 6) is 0. The van der Waals surface area contributed by atoms with Crippen LogP contribution in [0.2, 0.25) is 0 Å². The SMILES string of the molecule is CC(=NO)c1ccc(Sc2cc([C@@]3(O)CCO[C@@H](C)C3)cs2)cc1. The van der Waals surface area contributed by atoms with Crippen molar-refractivity contribution in [3.05, 3.63) is 46.8 Å². The molecule has 3 rings (SSSR count). The highest BCUT2D eigenvalue weighted by Crippen LogP contribution is 2.40. The number of rotatable bonds is 4. The van der Waals surface area contributed by atoms with Crippen molar-refractivity contribution in [3.63, 3.8) is 0 Å². The average Bonchev–Trinajstić information content (AvgIpc) is 3.04. The zero-order valence-electron chi connectivity index (χ0n) is 13.7. The smallest absolute Gasteiger partial charge is 0.0951 e. The van der Waals surface area contributed by atoms with Gasteiger partial charge in [0.2, 0.25) is 0 Å². The Bertz CT molecular complexity index is 726. The molecule has 2 atom stereocenters. The van der Waals surface area contributed by atoms with Gasteiger partial charge in [0.05, 0.1) is 28.2 Å². The second-order valence-electron chi connectivity index (χ2n) is 6.13. The van der Waals surface area contributed by atoms with E-state index in [-0.39, 0.29) is 6.10 Å². The molecule has 1 saturated heterocycles. The van der Waals surface area contributed by atoms with Gasteiger partial charge in [0.15, 0.2) is 0 Å². The quantitative estimate of drug-likeness (QED) is 0.477. The van der Waals surface area contributed by atoms with Gasteiger partial charge in [-0.05, 0) is 48.6 Å². The lowest BCUT2D eigenvalue weighted by Gasteiger charge is -2.35. The van der Waals surface area contributed by atoms with Crippen molar-refractivity contribution in [3.8, 4) is 0 Å².